The maximum Gasteiger partial charge on any atom is 0.305 e. The van der Waals surface area contributed by atoms with Gasteiger partial charge < -0.3 is 10.0 Å². The maximum atomic E-state index is 12.2. The minimum Gasteiger partial charge on any atom is -0.481 e. The van der Waals surface area contributed by atoms with E-state index in [0.717, 1.165) is 0 Å². The molecular formula is C12H15ClN2O3. The molecule has 1 amide bonds. The molecule has 0 saturated heterocycles. The van der Waals surface area contributed by atoms with E-state index in [4.69, 9.17) is 16.7 Å². The first-order valence-electron chi connectivity index (χ1n) is 5.56. The summed E-state index contributed by atoms with van der Waals surface area (Å²) < 4.78 is 0. The summed E-state index contributed by atoms with van der Waals surface area (Å²) >= 11 is 5.80. The standard InChI is InChI=1S/C12H15ClN2O3/c1-8(2)15(6-4-11(16)17)12(18)10-7-9(13)3-5-14-10/h3,5,7-8H,4,6H2,1-2H3,(H,16,17). The summed E-state index contributed by atoms with van der Waals surface area (Å²) in [5, 5.41) is 9.09. The van der Waals surface area contributed by atoms with Crippen LogP contribution in [0.3, 0.4) is 0 Å². The zero-order chi connectivity index (χ0) is 13.7. The summed E-state index contributed by atoms with van der Waals surface area (Å²) in [6.45, 7) is 3.80. The van der Waals surface area contributed by atoms with Crippen molar-refractivity contribution in [2.45, 2.75) is 26.3 Å². The van der Waals surface area contributed by atoms with Crippen LogP contribution in [0.1, 0.15) is 30.8 Å². The number of amides is 1. The number of rotatable bonds is 5. The lowest BCUT2D eigenvalue weighted by Gasteiger charge is -2.25. The fourth-order valence-corrected chi connectivity index (χ4v) is 1.64. The Morgan fingerprint density at radius 2 is 2.17 bits per heavy atom. The van der Waals surface area contributed by atoms with E-state index in [0.29, 0.717) is 5.02 Å². The van der Waals surface area contributed by atoms with Crippen molar-refractivity contribution in [3.05, 3.63) is 29.0 Å². The highest BCUT2D eigenvalue weighted by molar-refractivity contribution is 6.30. The molecule has 0 spiro atoms. The van der Waals surface area contributed by atoms with Crippen LogP contribution >= 0.6 is 11.6 Å². The Morgan fingerprint density at radius 3 is 2.67 bits per heavy atom. The molecule has 18 heavy (non-hydrogen) atoms. The summed E-state index contributed by atoms with van der Waals surface area (Å²) in [6, 6.07) is 2.95. The first kappa shape index (κ1) is 14.4. The molecule has 0 aromatic carbocycles. The van der Waals surface area contributed by atoms with Gasteiger partial charge in [-0.25, -0.2) is 0 Å². The molecule has 0 fully saturated rings. The molecule has 1 aromatic rings. The lowest BCUT2D eigenvalue weighted by Crippen LogP contribution is -2.38. The summed E-state index contributed by atoms with van der Waals surface area (Å²) in [6.07, 6.45) is 1.36. The Hall–Kier alpha value is -1.62. The normalized spacial score (nSPS) is 10.4. The fourth-order valence-electron chi connectivity index (χ4n) is 1.48. The van der Waals surface area contributed by atoms with E-state index in [1.54, 1.807) is 6.07 Å². The van der Waals surface area contributed by atoms with Crippen molar-refractivity contribution in [1.29, 1.82) is 0 Å². The average Bonchev–Trinajstić information content (AvgIpc) is 2.28. The minimum atomic E-state index is -0.937. The first-order chi connectivity index (χ1) is 8.41. The van der Waals surface area contributed by atoms with Gasteiger partial charge in [0, 0.05) is 23.8 Å². The number of hydrogen-bond donors (Lipinski definition) is 1. The zero-order valence-electron chi connectivity index (χ0n) is 10.3. The summed E-state index contributed by atoms with van der Waals surface area (Å²) in [4.78, 5) is 28.1. The Morgan fingerprint density at radius 1 is 1.50 bits per heavy atom. The smallest absolute Gasteiger partial charge is 0.305 e. The molecule has 0 bridgehead atoms. The quantitative estimate of drug-likeness (QED) is 0.889. The van der Waals surface area contributed by atoms with Gasteiger partial charge in [-0.15, -0.1) is 0 Å². The van der Waals surface area contributed by atoms with E-state index in [1.807, 2.05) is 13.8 Å². The largest absolute Gasteiger partial charge is 0.481 e. The van der Waals surface area contributed by atoms with Gasteiger partial charge >= 0.3 is 5.97 Å². The number of carbonyl (C=O) groups excluding carboxylic acids is 1. The maximum absolute atomic E-state index is 12.2. The van der Waals surface area contributed by atoms with Crippen LogP contribution in [0.4, 0.5) is 0 Å². The summed E-state index contributed by atoms with van der Waals surface area (Å²) in [5.74, 6) is -1.25. The van der Waals surface area contributed by atoms with Crippen LogP contribution in [0.2, 0.25) is 5.02 Å². The Labute approximate surface area is 110 Å². The van der Waals surface area contributed by atoms with Gasteiger partial charge in [-0.3, -0.25) is 14.6 Å². The van der Waals surface area contributed by atoms with Crippen molar-refractivity contribution in [1.82, 2.24) is 9.88 Å². The molecule has 5 nitrogen and oxygen atoms in total. The van der Waals surface area contributed by atoms with Crippen molar-refractivity contribution < 1.29 is 14.7 Å². The number of aliphatic carboxylic acids is 1. The predicted molar refractivity (Wildman–Crippen MR) is 67.7 cm³/mol. The predicted octanol–water partition coefficient (Wildman–Crippen LogP) is 2.06. The van der Waals surface area contributed by atoms with E-state index >= 15 is 0 Å². The number of halogens is 1. The number of aromatic nitrogens is 1. The van der Waals surface area contributed by atoms with Crippen LogP contribution in [0.25, 0.3) is 0 Å². The van der Waals surface area contributed by atoms with Crippen LogP contribution < -0.4 is 0 Å². The molecule has 0 saturated carbocycles. The monoisotopic (exact) mass is 270 g/mol. The lowest BCUT2D eigenvalue weighted by atomic mass is 10.2. The fraction of sp³-hybridized carbons (Fsp3) is 0.417. The second-order valence-corrected chi connectivity index (χ2v) is 4.53. The number of carboxylic acid groups (broad SMARTS) is 1. The van der Waals surface area contributed by atoms with Crippen molar-refractivity contribution in [2.75, 3.05) is 6.54 Å². The van der Waals surface area contributed by atoms with E-state index in [2.05, 4.69) is 4.98 Å². The molecule has 0 aliphatic carbocycles. The van der Waals surface area contributed by atoms with Gasteiger partial charge in [0.25, 0.3) is 5.91 Å². The molecule has 1 N–H and O–H groups in total. The lowest BCUT2D eigenvalue weighted by molar-refractivity contribution is -0.137. The molecule has 1 aromatic heterocycles. The van der Waals surface area contributed by atoms with E-state index in [9.17, 15) is 9.59 Å². The third kappa shape index (κ3) is 4.00. The third-order valence-corrected chi connectivity index (χ3v) is 2.63. The third-order valence-electron chi connectivity index (χ3n) is 2.39. The number of carboxylic acids is 1. The number of carbonyl (C=O) groups is 2. The van der Waals surface area contributed by atoms with E-state index in [1.165, 1.54) is 17.2 Å². The molecule has 0 unspecified atom stereocenters. The van der Waals surface area contributed by atoms with Crippen molar-refractivity contribution in [2.24, 2.45) is 0 Å². The molecule has 1 rings (SSSR count). The molecule has 98 valence electrons. The van der Waals surface area contributed by atoms with Gasteiger partial charge in [-0.1, -0.05) is 11.6 Å². The highest BCUT2D eigenvalue weighted by Crippen LogP contribution is 2.12. The minimum absolute atomic E-state index is 0.0928. The van der Waals surface area contributed by atoms with E-state index < -0.39 is 5.97 Å². The first-order valence-corrected chi connectivity index (χ1v) is 5.94. The SMILES string of the molecule is CC(C)N(CCC(=O)O)C(=O)c1cc(Cl)ccn1. The Balaban J connectivity index is 2.85. The topological polar surface area (TPSA) is 70.5 Å². The van der Waals surface area contributed by atoms with Gasteiger partial charge in [-0.05, 0) is 26.0 Å². The highest BCUT2D eigenvalue weighted by Gasteiger charge is 2.20. The van der Waals surface area contributed by atoms with Crippen LogP contribution in [-0.4, -0.2) is 39.5 Å². The highest BCUT2D eigenvalue weighted by atomic mass is 35.5. The van der Waals surface area contributed by atoms with Gasteiger partial charge in [0.05, 0.1) is 6.42 Å². The second kappa shape index (κ2) is 6.35. The van der Waals surface area contributed by atoms with E-state index in [-0.39, 0.29) is 30.6 Å². The van der Waals surface area contributed by atoms with Gasteiger partial charge in [0.2, 0.25) is 0 Å². The molecular weight excluding hydrogens is 256 g/mol. The van der Waals surface area contributed by atoms with Gasteiger partial charge in [-0.2, -0.15) is 0 Å². The number of pyridine rings is 1. The van der Waals surface area contributed by atoms with Crippen LogP contribution in [-0.2, 0) is 4.79 Å². The number of nitrogens with zero attached hydrogens (tertiary/aromatic N) is 2. The molecule has 0 aliphatic rings. The Kier molecular flexibility index (Phi) is 5.09. The van der Waals surface area contributed by atoms with Gasteiger partial charge in [0.1, 0.15) is 5.69 Å². The summed E-state index contributed by atoms with van der Waals surface area (Å²) in [7, 11) is 0. The van der Waals surface area contributed by atoms with Crippen molar-refractivity contribution in [3.8, 4) is 0 Å². The summed E-state index contributed by atoms with van der Waals surface area (Å²) in [5.41, 5.74) is 0.224. The van der Waals surface area contributed by atoms with Crippen molar-refractivity contribution in [3.63, 3.8) is 0 Å². The molecule has 0 aliphatic heterocycles. The molecule has 0 atom stereocenters. The molecule has 0 radical (unpaired) electrons. The van der Waals surface area contributed by atoms with Gasteiger partial charge in [0.15, 0.2) is 0 Å². The van der Waals surface area contributed by atoms with Crippen LogP contribution in [0.15, 0.2) is 18.3 Å². The average molecular weight is 271 g/mol. The van der Waals surface area contributed by atoms with Crippen molar-refractivity contribution >= 4 is 23.5 Å². The molecule has 1 heterocycles. The zero-order valence-corrected chi connectivity index (χ0v) is 11.0. The van der Waals surface area contributed by atoms with Crippen LogP contribution in [0.5, 0.6) is 0 Å². The second-order valence-electron chi connectivity index (χ2n) is 4.10. The number of hydrogen-bond acceptors (Lipinski definition) is 3. The van der Waals surface area contributed by atoms with Crippen LogP contribution in [0, 0.1) is 0 Å². The molecule has 6 heteroatoms. The Bertz CT molecular complexity index is 449.